The number of nitrogens with zero attached hydrogens (tertiary/aromatic N) is 3. The lowest BCUT2D eigenvalue weighted by atomic mass is 10.1. The Hall–Kier alpha value is -2.63. The molecule has 1 aromatic carbocycles. The van der Waals surface area contributed by atoms with E-state index >= 15 is 0 Å². The smallest absolute Gasteiger partial charge is 0.297 e. The van der Waals surface area contributed by atoms with Crippen molar-refractivity contribution in [3.63, 3.8) is 0 Å². The Bertz CT molecular complexity index is 733. The molecule has 0 radical (unpaired) electrons. The number of amidine groups is 1. The second-order valence-electron chi connectivity index (χ2n) is 4.97. The van der Waals surface area contributed by atoms with E-state index in [1.165, 1.54) is 0 Å². The first kappa shape index (κ1) is 19.4. The van der Waals surface area contributed by atoms with Gasteiger partial charge in [0.1, 0.15) is 17.3 Å². The molecule has 0 spiro atoms. The van der Waals surface area contributed by atoms with Gasteiger partial charge in [-0.1, -0.05) is 26.0 Å². The summed E-state index contributed by atoms with van der Waals surface area (Å²) in [7, 11) is 1.59. The molecule has 6 heteroatoms. The zero-order valence-electron chi connectivity index (χ0n) is 15.3. The van der Waals surface area contributed by atoms with Crippen molar-refractivity contribution in [2.24, 2.45) is 10.7 Å². The van der Waals surface area contributed by atoms with Crippen LogP contribution in [-0.2, 0) is 6.54 Å². The second kappa shape index (κ2) is 8.86. The maximum absolute atomic E-state index is 12.3. The van der Waals surface area contributed by atoms with Gasteiger partial charge in [-0.15, -0.1) is 0 Å². The zero-order chi connectivity index (χ0) is 18.3. The SMILES string of the molecule is CC.CCn1nc(C)cc1C(=O)N=C(N)c1ccc(C)c(OC)c1. The summed E-state index contributed by atoms with van der Waals surface area (Å²) >= 11 is 0. The van der Waals surface area contributed by atoms with Crippen LogP contribution in [0.3, 0.4) is 0 Å². The van der Waals surface area contributed by atoms with Crippen molar-refractivity contribution in [2.75, 3.05) is 7.11 Å². The highest BCUT2D eigenvalue weighted by molar-refractivity contribution is 6.08. The fourth-order valence-corrected chi connectivity index (χ4v) is 2.17. The Kier molecular flexibility index (Phi) is 7.17. The molecule has 0 saturated heterocycles. The summed E-state index contributed by atoms with van der Waals surface area (Å²) in [6.45, 7) is 10.3. The lowest BCUT2D eigenvalue weighted by molar-refractivity contribution is 0.0992. The lowest BCUT2D eigenvalue weighted by Crippen LogP contribution is -2.17. The molecule has 2 N–H and O–H groups in total. The summed E-state index contributed by atoms with van der Waals surface area (Å²) in [4.78, 5) is 16.3. The molecule has 0 unspecified atom stereocenters. The highest BCUT2D eigenvalue weighted by atomic mass is 16.5. The molecule has 24 heavy (non-hydrogen) atoms. The van der Waals surface area contributed by atoms with E-state index in [1.807, 2.05) is 46.8 Å². The van der Waals surface area contributed by atoms with Gasteiger partial charge in [-0.3, -0.25) is 9.48 Å². The van der Waals surface area contributed by atoms with E-state index < -0.39 is 5.91 Å². The van der Waals surface area contributed by atoms with Crippen molar-refractivity contribution in [1.82, 2.24) is 9.78 Å². The molecular weight excluding hydrogens is 304 g/mol. The van der Waals surface area contributed by atoms with Crippen LogP contribution >= 0.6 is 0 Å². The van der Waals surface area contributed by atoms with Crippen molar-refractivity contribution in [3.8, 4) is 5.75 Å². The van der Waals surface area contributed by atoms with Crippen LogP contribution in [0.2, 0.25) is 0 Å². The number of amides is 1. The highest BCUT2D eigenvalue weighted by Gasteiger charge is 2.13. The number of hydrogen-bond donors (Lipinski definition) is 1. The monoisotopic (exact) mass is 330 g/mol. The van der Waals surface area contributed by atoms with Crippen LogP contribution in [0.15, 0.2) is 29.3 Å². The Labute approximate surface area is 143 Å². The highest BCUT2D eigenvalue weighted by Crippen LogP contribution is 2.19. The van der Waals surface area contributed by atoms with Crippen LogP contribution in [0, 0.1) is 13.8 Å². The molecule has 0 aliphatic heterocycles. The molecule has 0 bridgehead atoms. The summed E-state index contributed by atoms with van der Waals surface area (Å²) in [5.41, 5.74) is 8.79. The summed E-state index contributed by atoms with van der Waals surface area (Å²) in [6, 6.07) is 7.16. The molecule has 6 nitrogen and oxygen atoms in total. The Morgan fingerprint density at radius 1 is 1.29 bits per heavy atom. The molecule has 2 aromatic rings. The summed E-state index contributed by atoms with van der Waals surface area (Å²) < 4.78 is 6.87. The van der Waals surface area contributed by atoms with Crippen LogP contribution in [0.25, 0.3) is 0 Å². The first-order valence-corrected chi connectivity index (χ1v) is 8.04. The van der Waals surface area contributed by atoms with Crippen molar-refractivity contribution < 1.29 is 9.53 Å². The van der Waals surface area contributed by atoms with E-state index in [4.69, 9.17) is 10.5 Å². The predicted molar refractivity (Wildman–Crippen MR) is 96.8 cm³/mol. The fraction of sp³-hybridized carbons (Fsp3) is 0.389. The molecule has 1 heterocycles. The number of ether oxygens (including phenoxy) is 1. The largest absolute Gasteiger partial charge is 0.496 e. The van der Waals surface area contributed by atoms with E-state index in [9.17, 15) is 4.79 Å². The van der Waals surface area contributed by atoms with Gasteiger partial charge in [0.05, 0.1) is 12.8 Å². The van der Waals surface area contributed by atoms with Gasteiger partial charge >= 0.3 is 0 Å². The number of methoxy groups -OCH3 is 1. The topological polar surface area (TPSA) is 82.5 Å². The van der Waals surface area contributed by atoms with Crippen LogP contribution in [0.4, 0.5) is 0 Å². The van der Waals surface area contributed by atoms with Gasteiger partial charge in [0, 0.05) is 12.1 Å². The lowest BCUT2D eigenvalue weighted by Gasteiger charge is -2.07. The Morgan fingerprint density at radius 2 is 1.96 bits per heavy atom. The molecule has 0 aliphatic rings. The number of aryl methyl sites for hydroxylation is 3. The third-order valence-electron chi connectivity index (χ3n) is 3.35. The number of hydrogen-bond acceptors (Lipinski definition) is 3. The fourth-order valence-electron chi connectivity index (χ4n) is 2.17. The van der Waals surface area contributed by atoms with E-state index in [0.717, 1.165) is 11.3 Å². The molecule has 0 fully saturated rings. The van der Waals surface area contributed by atoms with Gasteiger partial charge in [-0.25, -0.2) is 0 Å². The number of benzene rings is 1. The summed E-state index contributed by atoms with van der Waals surface area (Å²) in [5, 5.41) is 4.23. The van der Waals surface area contributed by atoms with Gasteiger partial charge in [0.2, 0.25) is 0 Å². The molecule has 0 atom stereocenters. The molecule has 130 valence electrons. The molecule has 1 amide bonds. The van der Waals surface area contributed by atoms with Gasteiger partial charge < -0.3 is 10.5 Å². The number of nitrogens with two attached hydrogens (primary N) is 1. The normalized spacial score (nSPS) is 10.8. The van der Waals surface area contributed by atoms with E-state index in [2.05, 4.69) is 10.1 Å². The van der Waals surface area contributed by atoms with Crippen molar-refractivity contribution in [3.05, 3.63) is 46.8 Å². The average molecular weight is 330 g/mol. The van der Waals surface area contributed by atoms with Crippen LogP contribution < -0.4 is 10.5 Å². The molecule has 2 rings (SSSR count). The molecule has 1 aromatic heterocycles. The first-order valence-electron chi connectivity index (χ1n) is 8.04. The minimum atomic E-state index is -0.403. The third-order valence-corrected chi connectivity index (χ3v) is 3.35. The average Bonchev–Trinajstić information content (AvgIpc) is 2.98. The van der Waals surface area contributed by atoms with Crippen molar-refractivity contribution in [1.29, 1.82) is 0 Å². The first-order chi connectivity index (χ1) is 11.5. The summed E-state index contributed by atoms with van der Waals surface area (Å²) in [6.07, 6.45) is 0. The van der Waals surface area contributed by atoms with E-state index in [0.29, 0.717) is 23.6 Å². The maximum Gasteiger partial charge on any atom is 0.297 e. The standard InChI is InChI=1S/C16H20N4O2.C2H6/c1-5-20-13(8-11(3)19-20)16(21)18-15(17)12-7-6-10(2)14(9-12)22-4;1-2/h6-9H,5H2,1-4H3,(H2,17,18,21);1-2H3. The predicted octanol–water partition coefficient (Wildman–Crippen LogP) is 3.10. The van der Waals surface area contributed by atoms with E-state index in [1.54, 1.807) is 23.9 Å². The van der Waals surface area contributed by atoms with Gasteiger partial charge in [-0.05, 0) is 38.5 Å². The number of carbonyl (C=O) groups is 1. The number of carbonyl (C=O) groups excluding carboxylic acids is 1. The van der Waals surface area contributed by atoms with Crippen molar-refractivity contribution >= 4 is 11.7 Å². The quantitative estimate of drug-likeness (QED) is 0.690. The van der Waals surface area contributed by atoms with Crippen LogP contribution in [0.5, 0.6) is 5.75 Å². The van der Waals surface area contributed by atoms with Crippen LogP contribution in [-0.4, -0.2) is 28.6 Å². The zero-order valence-corrected chi connectivity index (χ0v) is 15.3. The number of aromatic nitrogens is 2. The van der Waals surface area contributed by atoms with Crippen LogP contribution in [0.1, 0.15) is 48.1 Å². The van der Waals surface area contributed by atoms with Gasteiger partial charge in [-0.2, -0.15) is 10.1 Å². The second-order valence-corrected chi connectivity index (χ2v) is 4.97. The maximum atomic E-state index is 12.3. The molecule has 0 saturated carbocycles. The summed E-state index contributed by atoms with van der Waals surface area (Å²) in [5.74, 6) is 0.460. The van der Waals surface area contributed by atoms with Gasteiger partial charge in [0.15, 0.2) is 0 Å². The minimum Gasteiger partial charge on any atom is -0.496 e. The third kappa shape index (κ3) is 4.44. The Morgan fingerprint density at radius 3 is 2.54 bits per heavy atom. The molecular formula is C18H26N4O2. The van der Waals surface area contributed by atoms with Crippen molar-refractivity contribution in [2.45, 2.75) is 41.2 Å². The Balaban J connectivity index is 0.00000139. The number of aliphatic imine (C=N–C) groups is 1. The minimum absolute atomic E-state index is 0.157. The number of rotatable bonds is 4. The van der Waals surface area contributed by atoms with Gasteiger partial charge in [0.25, 0.3) is 5.91 Å². The molecule has 0 aliphatic carbocycles. The van der Waals surface area contributed by atoms with E-state index in [-0.39, 0.29) is 5.84 Å².